The zero-order valence-electron chi connectivity index (χ0n) is 16.7. The summed E-state index contributed by atoms with van der Waals surface area (Å²) in [7, 11) is 0. The molecular weight excluding hydrogens is 338 g/mol. The molecule has 1 aromatic carbocycles. The quantitative estimate of drug-likeness (QED) is 0.885. The lowest BCUT2D eigenvalue weighted by Crippen LogP contribution is -2.39. The fraction of sp³-hybridized carbons (Fsp3) is 0.636. The molecule has 0 spiro atoms. The second-order valence-electron chi connectivity index (χ2n) is 8.18. The summed E-state index contributed by atoms with van der Waals surface area (Å²) in [6.07, 6.45) is 3.91. The van der Waals surface area contributed by atoms with E-state index in [0.717, 1.165) is 43.7 Å². The van der Waals surface area contributed by atoms with Gasteiger partial charge in [-0.15, -0.1) is 0 Å². The molecule has 1 N–H and O–H groups in total. The van der Waals surface area contributed by atoms with Gasteiger partial charge in [0.05, 0.1) is 0 Å². The molecule has 5 heteroatoms. The van der Waals surface area contributed by atoms with Crippen LogP contribution in [0.15, 0.2) is 24.3 Å². The molecule has 3 rings (SSSR count). The zero-order chi connectivity index (χ0) is 19.2. The van der Waals surface area contributed by atoms with Crippen molar-refractivity contribution < 1.29 is 9.59 Å². The van der Waals surface area contributed by atoms with Crippen LogP contribution in [0.25, 0.3) is 0 Å². The Morgan fingerprint density at radius 1 is 1.15 bits per heavy atom. The Hall–Kier alpha value is -1.88. The van der Waals surface area contributed by atoms with E-state index in [0.29, 0.717) is 31.3 Å². The van der Waals surface area contributed by atoms with Gasteiger partial charge in [0, 0.05) is 38.2 Å². The molecule has 2 aliphatic rings. The zero-order valence-corrected chi connectivity index (χ0v) is 16.7. The largest absolute Gasteiger partial charge is 0.341 e. The molecule has 2 atom stereocenters. The van der Waals surface area contributed by atoms with Gasteiger partial charge < -0.3 is 15.1 Å². The molecule has 2 amide bonds. The number of rotatable bonds is 4. The molecule has 2 fully saturated rings. The third-order valence-corrected chi connectivity index (χ3v) is 6.04. The Morgan fingerprint density at radius 3 is 2.67 bits per heavy atom. The first-order valence-electron chi connectivity index (χ1n) is 10.4. The van der Waals surface area contributed by atoms with Crippen molar-refractivity contribution in [3.63, 3.8) is 0 Å². The molecule has 148 valence electrons. The van der Waals surface area contributed by atoms with E-state index in [1.807, 2.05) is 41.0 Å². The predicted molar refractivity (Wildman–Crippen MR) is 108 cm³/mol. The number of piperidine rings is 1. The predicted octanol–water partition coefficient (Wildman–Crippen LogP) is 2.70. The van der Waals surface area contributed by atoms with Gasteiger partial charge in [-0.2, -0.15) is 0 Å². The average Bonchev–Trinajstić information content (AvgIpc) is 2.94. The lowest BCUT2D eigenvalue weighted by Gasteiger charge is -2.30. The Morgan fingerprint density at radius 2 is 1.93 bits per heavy atom. The first kappa shape index (κ1) is 19.9. The molecule has 0 aromatic heterocycles. The lowest BCUT2D eigenvalue weighted by atomic mass is 9.85. The maximum atomic E-state index is 12.8. The highest BCUT2D eigenvalue weighted by atomic mass is 16.2. The first-order valence-corrected chi connectivity index (χ1v) is 10.4. The van der Waals surface area contributed by atoms with Crippen molar-refractivity contribution in [1.82, 2.24) is 15.1 Å². The number of hydrogen-bond acceptors (Lipinski definition) is 3. The normalized spacial score (nSPS) is 22.2. The summed E-state index contributed by atoms with van der Waals surface area (Å²) in [6.45, 7) is 9.10. The minimum atomic E-state index is 0.0784. The minimum absolute atomic E-state index is 0.0784. The Balaban J connectivity index is 1.53. The van der Waals surface area contributed by atoms with Crippen LogP contribution in [0, 0.1) is 18.8 Å². The first-order chi connectivity index (χ1) is 13.0. The summed E-state index contributed by atoms with van der Waals surface area (Å²) in [4.78, 5) is 29.4. The molecular formula is C22H33N3O2. The van der Waals surface area contributed by atoms with Gasteiger partial charge >= 0.3 is 0 Å². The summed E-state index contributed by atoms with van der Waals surface area (Å²) >= 11 is 0. The van der Waals surface area contributed by atoms with Crippen LogP contribution in [-0.2, 0) is 4.79 Å². The molecule has 0 saturated carbocycles. The second kappa shape index (κ2) is 9.36. The smallest absolute Gasteiger partial charge is 0.253 e. The van der Waals surface area contributed by atoms with Gasteiger partial charge in [0.1, 0.15) is 0 Å². The summed E-state index contributed by atoms with van der Waals surface area (Å²) in [5.41, 5.74) is 1.84. The number of benzene rings is 1. The van der Waals surface area contributed by atoms with Gasteiger partial charge in [-0.3, -0.25) is 9.59 Å². The highest BCUT2D eigenvalue weighted by Crippen LogP contribution is 2.23. The molecule has 2 heterocycles. The van der Waals surface area contributed by atoms with Crippen LogP contribution in [-0.4, -0.2) is 60.9 Å². The molecule has 0 aliphatic carbocycles. The van der Waals surface area contributed by atoms with Crippen molar-refractivity contribution in [2.75, 3.05) is 39.3 Å². The van der Waals surface area contributed by atoms with Crippen LogP contribution in [0.1, 0.15) is 48.5 Å². The van der Waals surface area contributed by atoms with E-state index in [-0.39, 0.29) is 11.8 Å². The van der Waals surface area contributed by atoms with Crippen LogP contribution in [0.3, 0.4) is 0 Å². The van der Waals surface area contributed by atoms with Gasteiger partial charge in [-0.25, -0.2) is 0 Å². The van der Waals surface area contributed by atoms with E-state index in [1.165, 1.54) is 12.8 Å². The number of nitrogens with zero attached hydrogens (tertiary/aromatic N) is 2. The van der Waals surface area contributed by atoms with Crippen molar-refractivity contribution in [2.24, 2.45) is 11.8 Å². The standard InChI is InChI=1S/C22H33N3O2/c1-17-6-3-7-19(14-17)22(27)25-11-5-10-24(12-13-25)21(26)15-18(2)20-8-4-9-23-16-20/h3,6-7,14,18,20,23H,4-5,8-13,15-16H2,1-2H3. The highest BCUT2D eigenvalue weighted by Gasteiger charge is 2.26. The van der Waals surface area contributed by atoms with Crippen LogP contribution in [0.2, 0.25) is 0 Å². The van der Waals surface area contributed by atoms with Gasteiger partial charge in [0.15, 0.2) is 0 Å². The van der Waals surface area contributed by atoms with Crippen LogP contribution < -0.4 is 5.32 Å². The van der Waals surface area contributed by atoms with E-state index >= 15 is 0 Å². The number of amides is 2. The molecule has 2 saturated heterocycles. The van der Waals surface area contributed by atoms with Crippen molar-refractivity contribution in [3.8, 4) is 0 Å². The van der Waals surface area contributed by atoms with Crippen LogP contribution in [0.5, 0.6) is 0 Å². The maximum Gasteiger partial charge on any atom is 0.253 e. The molecule has 27 heavy (non-hydrogen) atoms. The monoisotopic (exact) mass is 371 g/mol. The van der Waals surface area contributed by atoms with Crippen molar-refractivity contribution in [1.29, 1.82) is 0 Å². The maximum absolute atomic E-state index is 12.8. The fourth-order valence-corrected chi connectivity index (χ4v) is 4.27. The number of carbonyl (C=O) groups excluding carboxylic acids is 2. The second-order valence-corrected chi connectivity index (χ2v) is 8.18. The number of nitrogens with one attached hydrogen (secondary N) is 1. The van der Waals surface area contributed by atoms with E-state index in [2.05, 4.69) is 12.2 Å². The summed E-state index contributed by atoms with van der Waals surface area (Å²) in [6, 6.07) is 7.75. The summed E-state index contributed by atoms with van der Waals surface area (Å²) in [5, 5.41) is 3.45. The van der Waals surface area contributed by atoms with Gasteiger partial charge in [-0.05, 0) is 63.2 Å². The Labute approximate surface area is 163 Å². The molecule has 0 radical (unpaired) electrons. The highest BCUT2D eigenvalue weighted by molar-refractivity contribution is 5.94. The van der Waals surface area contributed by atoms with Gasteiger partial charge in [0.2, 0.25) is 5.91 Å². The number of aryl methyl sites for hydroxylation is 1. The van der Waals surface area contributed by atoms with E-state index in [4.69, 9.17) is 0 Å². The van der Waals surface area contributed by atoms with E-state index < -0.39 is 0 Å². The third kappa shape index (κ3) is 5.32. The Bertz CT molecular complexity index is 655. The van der Waals surface area contributed by atoms with Crippen LogP contribution >= 0.6 is 0 Å². The molecule has 2 unspecified atom stereocenters. The van der Waals surface area contributed by atoms with Gasteiger partial charge in [-0.1, -0.05) is 24.6 Å². The molecule has 5 nitrogen and oxygen atoms in total. The van der Waals surface area contributed by atoms with Crippen molar-refractivity contribution in [2.45, 2.75) is 39.5 Å². The van der Waals surface area contributed by atoms with Crippen LogP contribution in [0.4, 0.5) is 0 Å². The Kier molecular flexibility index (Phi) is 6.89. The van der Waals surface area contributed by atoms with E-state index in [1.54, 1.807) is 0 Å². The SMILES string of the molecule is Cc1cccc(C(=O)N2CCCN(C(=O)CC(C)C3CCCNC3)CC2)c1. The van der Waals surface area contributed by atoms with E-state index in [9.17, 15) is 9.59 Å². The summed E-state index contributed by atoms with van der Waals surface area (Å²) < 4.78 is 0. The third-order valence-electron chi connectivity index (χ3n) is 6.04. The number of hydrogen-bond donors (Lipinski definition) is 1. The molecule has 1 aromatic rings. The minimum Gasteiger partial charge on any atom is -0.341 e. The van der Waals surface area contributed by atoms with Crippen molar-refractivity contribution >= 4 is 11.8 Å². The topological polar surface area (TPSA) is 52.7 Å². The molecule has 2 aliphatic heterocycles. The fourth-order valence-electron chi connectivity index (χ4n) is 4.27. The number of carbonyl (C=O) groups is 2. The van der Waals surface area contributed by atoms with Gasteiger partial charge in [0.25, 0.3) is 5.91 Å². The summed E-state index contributed by atoms with van der Waals surface area (Å²) in [5.74, 6) is 1.35. The average molecular weight is 372 g/mol. The van der Waals surface area contributed by atoms with Crippen molar-refractivity contribution in [3.05, 3.63) is 35.4 Å². The lowest BCUT2D eigenvalue weighted by molar-refractivity contribution is -0.132. The molecule has 0 bridgehead atoms.